The van der Waals surface area contributed by atoms with Crippen molar-refractivity contribution in [3.05, 3.63) is 41.5 Å². The summed E-state index contributed by atoms with van der Waals surface area (Å²) in [6, 6.07) is 7.87. The molecule has 0 fully saturated rings. The van der Waals surface area contributed by atoms with Crippen LogP contribution in [0.15, 0.2) is 24.3 Å². The second kappa shape index (κ2) is 5.77. The van der Waals surface area contributed by atoms with E-state index in [2.05, 4.69) is 39.7 Å². The summed E-state index contributed by atoms with van der Waals surface area (Å²) in [4.78, 5) is 4.53. The van der Waals surface area contributed by atoms with E-state index in [0.717, 1.165) is 37.4 Å². The highest BCUT2D eigenvalue weighted by molar-refractivity contribution is 5.76. The van der Waals surface area contributed by atoms with Gasteiger partial charge in [-0.25, -0.2) is 4.39 Å². The Labute approximate surface area is 142 Å². The van der Waals surface area contributed by atoms with Crippen molar-refractivity contribution < 1.29 is 4.39 Å². The molecule has 1 unspecified atom stereocenters. The number of aryl methyl sites for hydroxylation is 1. The van der Waals surface area contributed by atoms with Crippen LogP contribution in [0.5, 0.6) is 0 Å². The maximum Gasteiger partial charge on any atom is 0.148 e. The van der Waals surface area contributed by atoms with E-state index in [-0.39, 0.29) is 12.0 Å². The zero-order valence-corrected chi connectivity index (χ0v) is 14.5. The summed E-state index contributed by atoms with van der Waals surface area (Å²) in [6.07, 6.45) is 0.985. The first-order valence-corrected chi connectivity index (χ1v) is 8.63. The van der Waals surface area contributed by atoms with E-state index >= 15 is 0 Å². The molecule has 128 valence electrons. The molecule has 1 atom stereocenters. The summed E-state index contributed by atoms with van der Waals surface area (Å²) in [6.45, 7) is 7.44. The molecule has 1 N–H and O–H groups in total. The van der Waals surface area contributed by atoms with Crippen molar-refractivity contribution in [2.24, 2.45) is 0 Å². The minimum Gasteiger partial charge on any atom is -0.356 e. The van der Waals surface area contributed by atoms with Crippen molar-refractivity contribution in [1.29, 1.82) is 0 Å². The summed E-state index contributed by atoms with van der Waals surface area (Å²) in [5, 5.41) is 8.10. The SMILES string of the molecule is CC(C)N1CCCn2nc(C3Nc4c(F)cccc4N3C)cc2C1. The molecule has 3 heterocycles. The summed E-state index contributed by atoms with van der Waals surface area (Å²) in [5.41, 5.74) is 3.64. The van der Waals surface area contributed by atoms with Gasteiger partial charge in [0.05, 0.1) is 17.1 Å². The maximum atomic E-state index is 14.1. The molecular weight excluding hydrogens is 305 g/mol. The van der Waals surface area contributed by atoms with E-state index in [4.69, 9.17) is 5.10 Å². The van der Waals surface area contributed by atoms with E-state index in [9.17, 15) is 4.39 Å². The highest BCUT2D eigenvalue weighted by Crippen LogP contribution is 2.41. The van der Waals surface area contributed by atoms with Gasteiger partial charge in [-0.1, -0.05) is 6.07 Å². The van der Waals surface area contributed by atoms with Crippen LogP contribution in [0.4, 0.5) is 15.8 Å². The quantitative estimate of drug-likeness (QED) is 0.918. The maximum absolute atomic E-state index is 14.1. The predicted octanol–water partition coefficient (Wildman–Crippen LogP) is 3.20. The van der Waals surface area contributed by atoms with E-state index < -0.39 is 0 Å². The van der Waals surface area contributed by atoms with Gasteiger partial charge in [0.25, 0.3) is 0 Å². The van der Waals surface area contributed by atoms with Crippen molar-refractivity contribution in [3.8, 4) is 0 Å². The average molecular weight is 329 g/mol. The summed E-state index contributed by atoms with van der Waals surface area (Å²) >= 11 is 0. The van der Waals surface area contributed by atoms with Gasteiger partial charge in [-0.2, -0.15) is 5.10 Å². The zero-order chi connectivity index (χ0) is 16.8. The van der Waals surface area contributed by atoms with Gasteiger partial charge in [0.2, 0.25) is 0 Å². The number of hydrogen-bond donors (Lipinski definition) is 1. The minimum atomic E-state index is -0.214. The van der Waals surface area contributed by atoms with Crippen molar-refractivity contribution in [2.45, 2.75) is 45.6 Å². The topological polar surface area (TPSA) is 36.3 Å². The van der Waals surface area contributed by atoms with Gasteiger partial charge in [-0.05, 0) is 38.5 Å². The summed E-state index contributed by atoms with van der Waals surface area (Å²) in [5.74, 6) is -0.214. The first-order chi connectivity index (χ1) is 11.5. The van der Waals surface area contributed by atoms with Crippen LogP contribution in [-0.2, 0) is 13.1 Å². The van der Waals surface area contributed by atoms with Crippen molar-refractivity contribution in [2.75, 3.05) is 23.8 Å². The Kier molecular flexibility index (Phi) is 3.72. The van der Waals surface area contributed by atoms with E-state index in [1.54, 1.807) is 6.07 Å². The van der Waals surface area contributed by atoms with Gasteiger partial charge in [0.15, 0.2) is 0 Å². The molecule has 0 saturated heterocycles. The fourth-order valence-electron chi connectivity index (χ4n) is 3.68. The highest BCUT2D eigenvalue weighted by atomic mass is 19.1. The Morgan fingerprint density at radius 2 is 2.12 bits per heavy atom. The zero-order valence-electron chi connectivity index (χ0n) is 14.5. The lowest BCUT2D eigenvalue weighted by molar-refractivity contribution is 0.216. The molecular formula is C18H24FN5. The molecule has 0 aliphatic carbocycles. The van der Waals surface area contributed by atoms with Crippen LogP contribution in [0.2, 0.25) is 0 Å². The highest BCUT2D eigenvalue weighted by Gasteiger charge is 2.32. The Balaban J connectivity index is 1.63. The van der Waals surface area contributed by atoms with Crippen molar-refractivity contribution in [1.82, 2.24) is 14.7 Å². The smallest absolute Gasteiger partial charge is 0.148 e. The van der Waals surface area contributed by atoms with Gasteiger partial charge >= 0.3 is 0 Å². The number of anilines is 2. The van der Waals surface area contributed by atoms with Crippen molar-refractivity contribution in [3.63, 3.8) is 0 Å². The molecule has 0 amide bonds. The fraction of sp³-hybridized carbons (Fsp3) is 0.500. The van der Waals surface area contributed by atoms with Gasteiger partial charge in [0.1, 0.15) is 17.7 Å². The number of halogens is 1. The summed E-state index contributed by atoms with van der Waals surface area (Å²) in [7, 11) is 1.98. The lowest BCUT2D eigenvalue weighted by Crippen LogP contribution is -2.30. The van der Waals surface area contributed by atoms with E-state index in [1.807, 2.05) is 13.1 Å². The van der Waals surface area contributed by atoms with Gasteiger partial charge < -0.3 is 10.2 Å². The lowest BCUT2D eigenvalue weighted by atomic mass is 10.2. The number of para-hydroxylation sites is 1. The predicted molar refractivity (Wildman–Crippen MR) is 93.6 cm³/mol. The normalized spacial score (nSPS) is 20.7. The minimum absolute atomic E-state index is 0.121. The molecule has 0 saturated carbocycles. The standard InChI is InChI=1S/C18H24FN5/c1-12(2)23-8-5-9-24-13(11-23)10-15(21-24)18-20-17-14(19)6-4-7-16(17)22(18)3/h4,6-7,10,12,18,20H,5,8-9,11H2,1-3H3. The third kappa shape index (κ3) is 2.45. The van der Waals surface area contributed by atoms with E-state index in [0.29, 0.717) is 11.7 Å². The third-order valence-corrected chi connectivity index (χ3v) is 5.11. The van der Waals surface area contributed by atoms with Crippen LogP contribution in [0.1, 0.15) is 37.8 Å². The second-order valence-electron chi connectivity index (χ2n) is 6.99. The van der Waals surface area contributed by atoms with Crippen LogP contribution in [0.25, 0.3) is 0 Å². The van der Waals surface area contributed by atoms with Crippen LogP contribution in [0, 0.1) is 5.82 Å². The van der Waals surface area contributed by atoms with Crippen LogP contribution < -0.4 is 10.2 Å². The number of aromatic nitrogens is 2. The largest absolute Gasteiger partial charge is 0.356 e. The molecule has 0 spiro atoms. The molecule has 4 rings (SSSR count). The Hall–Kier alpha value is -2.08. The average Bonchev–Trinajstić information content (AvgIpc) is 3.03. The molecule has 2 aromatic rings. The number of benzene rings is 1. The van der Waals surface area contributed by atoms with E-state index in [1.165, 1.54) is 11.8 Å². The number of fused-ring (bicyclic) bond motifs is 2. The molecule has 1 aromatic heterocycles. The molecule has 2 aliphatic heterocycles. The number of nitrogens with one attached hydrogen (secondary N) is 1. The molecule has 24 heavy (non-hydrogen) atoms. The molecule has 0 radical (unpaired) electrons. The molecule has 0 bridgehead atoms. The number of nitrogens with zero attached hydrogens (tertiary/aromatic N) is 4. The van der Waals surface area contributed by atoms with Gasteiger partial charge in [-0.15, -0.1) is 0 Å². The second-order valence-corrected chi connectivity index (χ2v) is 6.99. The number of hydrogen-bond acceptors (Lipinski definition) is 4. The summed E-state index contributed by atoms with van der Waals surface area (Å²) < 4.78 is 16.2. The molecule has 6 heteroatoms. The fourth-order valence-corrected chi connectivity index (χ4v) is 3.68. The Morgan fingerprint density at radius 1 is 1.29 bits per heavy atom. The Bertz CT molecular complexity index is 754. The third-order valence-electron chi connectivity index (χ3n) is 5.11. The van der Waals surface area contributed by atoms with Crippen LogP contribution >= 0.6 is 0 Å². The molecule has 1 aromatic carbocycles. The lowest BCUT2D eigenvalue weighted by Gasteiger charge is -2.23. The Morgan fingerprint density at radius 3 is 2.88 bits per heavy atom. The van der Waals surface area contributed by atoms with Crippen molar-refractivity contribution >= 4 is 11.4 Å². The van der Waals surface area contributed by atoms with Gasteiger partial charge in [-0.3, -0.25) is 9.58 Å². The number of rotatable bonds is 2. The van der Waals surface area contributed by atoms with Crippen LogP contribution in [0.3, 0.4) is 0 Å². The first-order valence-electron chi connectivity index (χ1n) is 8.63. The van der Waals surface area contributed by atoms with Crippen LogP contribution in [-0.4, -0.2) is 34.3 Å². The monoisotopic (exact) mass is 329 g/mol. The molecule has 2 aliphatic rings. The van der Waals surface area contributed by atoms with Gasteiger partial charge in [0, 0.05) is 32.7 Å². The molecule has 5 nitrogen and oxygen atoms in total. The first kappa shape index (κ1) is 15.4.